The molecular formula is C25H39NO16S. The van der Waals surface area contributed by atoms with E-state index in [-0.39, 0.29) is 0 Å². The van der Waals surface area contributed by atoms with E-state index in [2.05, 4.69) is 5.32 Å². The van der Waals surface area contributed by atoms with Gasteiger partial charge >= 0.3 is 29.8 Å². The quantitative estimate of drug-likeness (QED) is 0.0956. The van der Waals surface area contributed by atoms with Gasteiger partial charge in [0.25, 0.3) is 5.91 Å². The van der Waals surface area contributed by atoms with Crippen molar-refractivity contribution in [2.45, 2.75) is 108 Å². The Balaban J connectivity index is 3.63. The first kappa shape index (κ1) is 38.0. The van der Waals surface area contributed by atoms with Crippen molar-refractivity contribution in [1.82, 2.24) is 5.32 Å². The van der Waals surface area contributed by atoms with E-state index in [1.165, 1.54) is 13.2 Å². The van der Waals surface area contributed by atoms with Crippen molar-refractivity contribution in [1.29, 1.82) is 0 Å². The number of aliphatic hydroxyl groups is 4. The fourth-order valence-electron chi connectivity index (χ4n) is 4.18. The second kappa shape index (κ2) is 17.3. The van der Waals surface area contributed by atoms with E-state index in [9.17, 15) is 49.2 Å². The Bertz CT molecular complexity index is 1010. The summed E-state index contributed by atoms with van der Waals surface area (Å²) >= 11 is 0.972. The van der Waals surface area contributed by atoms with Crippen LogP contribution in [0.15, 0.2) is 0 Å². The van der Waals surface area contributed by atoms with Crippen LogP contribution in [-0.2, 0) is 57.2 Å². The zero-order valence-corrected chi connectivity index (χ0v) is 25.5. The van der Waals surface area contributed by atoms with Gasteiger partial charge in [0.1, 0.15) is 36.5 Å². The van der Waals surface area contributed by atoms with E-state index in [1.54, 1.807) is 0 Å². The maximum Gasteiger partial charge on any atom is 0.303 e. The van der Waals surface area contributed by atoms with Crippen LogP contribution < -0.4 is 5.32 Å². The molecule has 1 saturated heterocycles. The molecule has 0 aromatic heterocycles. The summed E-state index contributed by atoms with van der Waals surface area (Å²) in [4.78, 5) is 73.4. The molecule has 1 aliphatic heterocycles. The molecule has 0 aromatic rings. The van der Waals surface area contributed by atoms with Gasteiger partial charge in [0, 0.05) is 34.6 Å². The predicted octanol–water partition coefficient (Wildman–Crippen LogP) is -2.69. The van der Waals surface area contributed by atoms with Crippen LogP contribution in [0.25, 0.3) is 0 Å². The number of amides is 1. The second-order valence-corrected chi connectivity index (χ2v) is 10.5. The van der Waals surface area contributed by atoms with Gasteiger partial charge in [-0.2, -0.15) is 0 Å². The Morgan fingerprint density at radius 2 is 1.28 bits per heavy atom. The van der Waals surface area contributed by atoms with Crippen molar-refractivity contribution in [3.63, 3.8) is 0 Å². The van der Waals surface area contributed by atoms with Crippen molar-refractivity contribution in [3.8, 4) is 0 Å². The van der Waals surface area contributed by atoms with Crippen molar-refractivity contribution >= 4 is 47.5 Å². The molecule has 1 amide bonds. The highest BCUT2D eigenvalue weighted by atomic mass is 32.2. The Morgan fingerprint density at radius 3 is 1.72 bits per heavy atom. The maximum atomic E-state index is 13.7. The Labute approximate surface area is 251 Å². The fraction of sp³-hybridized carbons (Fsp3) is 0.760. The number of carbonyl (C=O) groups is 6. The summed E-state index contributed by atoms with van der Waals surface area (Å²) in [5.41, 5.74) is -1.08. The summed E-state index contributed by atoms with van der Waals surface area (Å²) < 4.78 is 31.3. The largest absolute Gasteiger partial charge is 0.462 e. The van der Waals surface area contributed by atoms with E-state index in [0.29, 0.717) is 0 Å². The Hall–Kier alpha value is -3.03. The van der Waals surface area contributed by atoms with Crippen molar-refractivity contribution in [2.75, 3.05) is 12.9 Å². The zero-order valence-electron chi connectivity index (χ0n) is 24.7. The van der Waals surface area contributed by atoms with Crippen LogP contribution in [0.1, 0.15) is 41.5 Å². The third-order valence-corrected chi connectivity index (χ3v) is 6.79. The number of thioether (sulfide) groups is 1. The number of carbonyl (C=O) groups excluding carboxylic acids is 6. The number of hydrogen-bond acceptors (Lipinski definition) is 17. The molecule has 1 aliphatic rings. The molecular weight excluding hydrogens is 602 g/mol. The lowest BCUT2D eigenvalue weighted by atomic mass is 9.91. The monoisotopic (exact) mass is 641 g/mol. The van der Waals surface area contributed by atoms with E-state index in [4.69, 9.17) is 28.4 Å². The summed E-state index contributed by atoms with van der Waals surface area (Å²) in [5.74, 6) is -6.26. The number of nitrogens with one attached hydrogen (secondary N) is 1. The van der Waals surface area contributed by atoms with Gasteiger partial charge in [-0.25, -0.2) is 0 Å². The molecule has 1 rings (SSSR count). The van der Waals surface area contributed by atoms with Crippen LogP contribution in [0, 0.1) is 0 Å². The lowest BCUT2D eigenvalue weighted by Crippen LogP contribution is -2.66. The first-order valence-electron chi connectivity index (χ1n) is 12.9. The number of rotatable bonds is 14. The lowest BCUT2D eigenvalue weighted by Gasteiger charge is -2.44. The van der Waals surface area contributed by atoms with Gasteiger partial charge < -0.3 is 54.2 Å². The van der Waals surface area contributed by atoms with E-state index >= 15 is 0 Å². The number of hydrogen-bond donors (Lipinski definition) is 5. The summed E-state index contributed by atoms with van der Waals surface area (Å²) in [6.45, 7) is 5.20. The predicted molar refractivity (Wildman–Crippen MR) is 143 cm³/mol. The van der Waals surface area contributed by atoms with Crippen LogP contribution in [0.4, 0.5) is 0 Å². The summed E-state index contributed by atoms with van der Waals surface area (Å²) in [7, 11) is 0. The molecule has 0 bridgehead atoms. The molecule has 11 atom stereocenters. The third-order valence-electron chi connectivity index (χ3n) is 5.93. The molecule has 17 nitrogen and oxygen atoms in total. The fourth-order valence-corrected chi connectivity index (χ4v) is 4.86. The molecule has 246 valence electrons. The summed E-state index contributed by atoms with van der Waals surface area (Å²) in [6, 6.07) is -1.53. The average molecular weight is 642 g/mol. The lowest BCUT2D eigenvalue weighted by molar-refractivity contribution is -0.213. The first-order chi connectivity index (χ1) is 19.9. The van der Waals surface area contributed by atoms with Crippen LogP contribution in [0.3, 0.4) is 0 Å². The average Bonchev–Trinajstić information content (AvgIpc) is 2.88. The van der Waals surface area contributed by atoms with Gasteiger partial charge in [-0.15, -0.1) is 11.8 Å². The van der Waals surface area contributed by atoms with Crippen LogP contribution >= 0.6 is 11.8 Å². The van der Waals surface area contributed by atoms with Crippen LogP contribution in [-0.4, -0.2) is 135 Å². The molecule has 0 radical (unpaired) electrons. The van der Waals surface area contributed by atoms with E-state index < -0.39 is 109 Å². The van der Waals surface area contributed by atoms with E-state index in [0.717, 1.165) is 46.4 Å². The van der Waals surface area contributed by atoms with E-state index in [1.807, 2.05) is 0 Å². The molecule has 0 spiro atoms. The van der Waals surface area contributed by atoms with Gasteiger partial charge in [0.15, 0.2) is 18.3 Å². The highest BCUT2D eigenvalue weighted by Gasteiger charge is 2.51. The Morgan fingerprint density at radius 1 is 0.767 bits per heavy atom. The topological polar surface area (TPSA) is 251 Å². The van der Waals surface area contributed by atoms with Gasteiger partial charge in [-0.05, 0) is 13.2 Å². The van der Waals surface area contributed by atoms with Gasteiger partial charge in [0.2, 0.25) is 6.10 Å². The molecule has 0 aromatic carbocycles. The van der Waals surface area contributed by atoms with Crippen molar-refractivity contribution in [3.05, 3.63) is 0 Å². The minimum atomic E-state index is -2.17. The van der Waals surface area contributed by atoms with Gasteiger partial charge in [-0.3, -0.25) is 28.8 Å². The van der Waals surface area contributed by atoms with Crippen LogP contribution in [0.5, 0.6) is 0 Å². The standard InChI is InChI=1S/C25H39NO16S/c1-9(27)16(21-18(34)17(33)19(35)25(42-21)43-7)26-24(36)23(41-14(6)32)22(40-13(5)31)20(39-12(4)30)15(38-11(3)29)8-37-10(2)28/h9,15-23,25,27,33-35H,8H2,1-7H3,(H,26,36)/t9-,15-,16-,17+,18-,19-,20-,21-,22+,23-,25-/m1/s1. The molecule has 18 heteroatoms. The minimum absolute atomic E-state index is 0.742. The maximum absolute atomic E-state index is 13.7. The smallest absolute Gasteiger partial charge is 0.303 e. The van der Waals surface area contributed by atoms with Crippen molar-refractivity contribution in [2.24, 2.45) is 0 Å². The highest BCUT2D eigenvalue weighted by molar-refractivity contribution is 7.99. The Kier molecular flexibility index (Phi) is 15.3. The molecule has 0 unspecified atom stereocenters. The van der Waals surface area contributed by atoms with Gasteiger partial charge in [-0.1, -0.05) is 0 Å². The highest BCUT2D eigenvalue weighted by Crippen LogP contribution is 2.30. The molecule has 0 aliphatic carbocycles. The van der Waals surface area contributed by atoms with Crippen molar-refractivity contribution < 1.29 is 77.6 Å². The third kappa shape index (κ3) is 11.5. The number of esters is 5. The molecule has 1 fully saturated rings. The molecule has 43 heavy (non-hydrogen) atoms. The normalized spacial score (nSPS) is 25.9. The molecule has 5 N–H and O–H groups in total. The summed E-state index contributed by atoms with van der Waals surface area (Å²) in [6.07, 6.45) is -14.4. The van der Waals surface area contributed by atoms with Crippen LogP contribution in [0.2, 0.25) is 0 Å². The summed E-state index contributed by atoms with van der Waals surface area (Å²) in [5, 5.41) is 43.9. The molecule has 0 saturated carbocycles. The molecule has 1 heterocycles. The number of ether oxygens (including phenoxy) is 6. The van der Waals surface area contributed by atoms with Gasteiger partial charge in [0.05, 0.1) is 12.1 Å². The zero-order chi connectivity index (χ0) is 33.2. The second-order valence-electron chi connectivity index (χ2n) is 9.58. The number of aliphatic hydroxyl groups excluding tert-OH is 4. The minimum Gasteiger partial charge on any atom is -0.462 e. The first-order valence-corrected chi connectivity index (χ1v) is 14.2. The SMILES string of the molecule is CS[C@H]1O[C@H]([C@H](NC(=O)[C@H](OC(C)=O)[C@@H](OC(C)=O)[C@H](OC(C)=O)[C@@H](COC(C)=O)OC(C)=O)[C@@H](C)O)[C@H](O)[C@H](O)[C@H]1O.